The Labute approximate surface area is 70.1 Å². The average Bonchev–Trinajstić information content (AvgIpc) is 2.17. The zero-order valence-electron chi connectivity index (χ0n) is 6.40. The standard InChI is InChI=1S/C9H8N2O/c12-6-9-8-5-10-3-1-7(8)2-4-11-9/h1-6,9,11H. The first-order valence-electron chi connectivity index (χ1n) is 3.73. The van der Waals surface area contributed by atoms with E-state index in [-0.39, 0.29) is 6.04 Å². The van der Waals surface area contributed by atoms with Gasteiger partial charge >= 0.3 is 0 Å². The molecular weight excluding hydrogens is 152 g/mol. The normalized spacial score (nSPS) is 19.5. The molecule has 0 amide bonds. The molecule has 1 aliphatic heterocycles. The molecule has 60 valence electrons. The summed E-state index contributed by atoms with van der Waals surface area (Å²) in [5.74, 6) is 0. The highest BCUT2D eigenvalue weighted by Crippen LogP contribution is 2.19. The summed E-state index contributed by atoms with van der Waals surface area (Å²) in [5.41, 5.74) is 2.00. The molecule has 1 aromatic heterocycles. The van der Waals surface area contributed by atoms with Gasteiger partial charge in [0.15, 0.2) is 0 Å². The SMILES string of the molecule is O=CC1NC=Cc2ccncc21. The molecule has 1 aromatic rings. The molecule has 0 radical (unpaired) electrons. The lowest BCUT2D eigenvalue weighted by atomic mass is 10.0. The van der Waals surface area contributed by atoms with Gasteiger partial charge in [-0.3, -0.25) is 4.98 Å². The second-order valence-corrected chi connectivity index (χ2v) is 2.62. The molecule has 0 fully saturated rings. The van der Waals surface area contributed by atoms with Crippen molar-refractivity contribution < 1.29 is 4.79 Å². The van der Waals surface area contributed by atoms with Crippen molar-refractivity contribution in [3.63, 3.8) is 0 Å². The monoisotopic (exact) mass is 160 g/mol. The maximum Gasteiger partial charge on any atom is 0.146 e. The average molecular weight is 160 g/mol. The summed E-state index contributed by atoms with van der Waals surface area (Å²) in [6.07, 6.45) is 8.02. The van der Waals surface area contributed by atoms with E-state index in [1.165, 1.54) is 0 Å². The van der Waals surface area contributed by atoms with Crippen LogP contribution in [0.5, 0.6) is 0 Å². The van der Waals surface area contributed by atoms with E-state index < -0.39 is 0 Å². The molecule has 1 N–H and O–H groups in total. The second-order valence-electron chi connectivity index (χ2n) is 2.62. The van der Waals surface area contributed by atoms with Gasteiger partial charge in [0, 0.05) is 18.0 Å². The van der Waals surface area contributed by atoms with Gasteiger partial charge in [-0.25, -0.2) is 0 Å². The van der Waals surface area contributed by atoms with Gasteiger partial charge in [0.25, 0.3) is 0 Å². The fourth-order valence-electron chi connectivity index (χ4n) is 1.27. The van der Waals surface area contributed by atoms with Gasteiger partial charge in [-0.05, 0) is 23.9 Å². The van der Waals surface area contributed by atoms with Crippen molar-refractivity contribution >= 4 is 12.4 Å². The number of fused-ring (bicyclic) bond motifs is 1. The Hall–Kier alpha value is -1.64. The van der Waals surface area contributed by atoms with E-state index in [0.29, 0.717) is 0 Å². The molecule has 0 aromatic carbocycles. The van der Waals surface area contributed by atoms with Gasteiger partial charge in [-0.15, -0.1) is 0 Å². The lowest BCUT2D eigenvalue weighted by Crippen LogP contribution is -2.20. The molecule has 0 spiro atoms. The second kappa shape index (κ2) is 2.77. The molecule has 1 unspecified atom stereocenters. The first-order chi connectivity index (χ1) is 5.92. The molecule has 2 rings (SSSR count). The topological polar surface area (TPSA) is 42.0 Å². The molecule has 1 aliphatic rings. The number of carbonyl (C=O) groups is 1. The van der Waals surface area contributed by atoms with Crippen LogP contribution in [-0.4, -0.2) is 11.3 Å². The van der Waals surface area contributed by atoms with Crippen molar-refractivity contribution in [1.29, 1.82) is 0 Å². The highest BCUT2D eigenvalue weighted by atomic mass is 16.1. The lowest BCUT2D eigenvalue weighted by molar-refractivity contribution is -0.109. The Morgan fingerprint density at radius 3 is 3.33 bits per heavy atom. The van der Waals surface area contributed by atoms with Crippen molar-refractivity contribution in [2.24, 2.45) is 0 Å². The van der Waals surface area contributed by atoms with Crippen molar-refractivity contribution in [3.8, 4) is 0 Å². The van der Waals surface area contributed by atoms with E-state index >= 15 is 0 Å². The van der Waals surface area contributed by atoms with Gasteiger partial charge < -0.3 is 10.1 Å². The number of rotatable bonds is 1. The van der Waals surface area contributed by atoms with Crippen LogP contribution in [0.2, 0.25) is 0 Å². The van der Waals surface area contributed by atoms with E-state index in [9.17, 15) is 4.79 Å². The molecule has 0 saturated heterocycles. The minimum atomic E-state index is -0.237. The van der Waals surface area contributed by atoms with Crippen molar-refractivity contribution in [2.45, 2.75) is 6.04 Å². The smallest absolute Gasteiger partial charge is 0.146 e. The largest absolute Gasteiger partial charge is 0.378 e. The summed E-state index contributed by atoms with van der Waals surface area (Å²) in [4.78, 5) is 14.6. The van der Waals surface area contributed by atoms with Crippen LogP contribution in [0.4, 0.5) is 0 Å². The Morgan fingerprint density at radius 2 is 2.50 bits per heavy atom. The minimum absolute atomic E-state index is 0.237. The lowest BCUT2D eigenvalue weighted by Gasteiger charge is -2.17. The molecule has 2 heterocycles. The highest BCUT2D eigenvalue weighted by molar-refractivity contribution is 5.69. The van der Waals surface area contributed by atoms with E-state index in [0.717, 1.165) is 17.4 Å². The van der Waals surface area contributed by atoms with Crippen LogP contribution in [0.3, 0.4) is 0 Å². The van der Waals surface area contributed by atoms with Gasteiger partial charge in [0.05, 0.1) is 0 Å². The number of carbonyl (C=O) groups excluding carboxylic acids is 1. The zero-order chi connectivity index (χ0) is 8.39. The predicted octanol–water partition coefficient (Wildman–Crippen LogP) is 0.896. The highest BCUT2D eigenvalue weighted by Gasteiger charge is 2.14. The third-order valence-corrected chi connectivity index (χ3v) is 1.90. The molecule has 12 heavy (non-hydrogen) atoms. The van der Waals surface area contributed by atoms with E-state index in [1.54, 1.807) is 18.6 Å². The summed E-state index contributed by atoms with van der Waals surface area (Å²) in [6.45, 7) is 0. The van der Waals surface area contributed by atoms with Crippen LogP contribution < -0.4 is 5.32 Å². The van der Waals surface area contributed by atoms with E-state index in [2.05, 4.69) is 10.3 Å². The number of nitrogens with one attached hydrogen (secondary N) is 1. The fraction of sp³-hybridized carbons (Fsp3) is 0.111. The summed E-state index contributed by atoms with van der Waals surface area (Å²) in [5, 5.41) is 2.94. The number of hydrogen-bond donors (Lipinski definition) is 1. The summed E-state index contributed by atoms with van der Waals surface area (Å²) >= 11 is 0. The number of aromatic nitrogens is 1. The van der Waals surface area contributed by atoms with E-state index in [1.807, 2.05) is 12.1 Å². The zero-order valence-corrected chi connectivity index (χ0v) is 6.40. The molecule has 1 atom stereocenters. The van der Waals surface area contributed by atoms with Crippen molar-refractivity contribution in [2.75, 3.05) is 0 Å². The minimum Gasteiger partial charge on any atom is -0.378 e. The Morgan fingerprint density at radius 1 is 1.58 bits per heavy atom. The number of pyridine rings is 1. The van der Waals surface area contributed by atoms with Crippen LogP contribution in [-0.2, 0) is 4.79 Å². The summed E-state index contributed by atoms with van der Waals surface area (Å²) in [7, 11) is 0. The van der Waals surface area contributed by atoms with Gasteiger partial charge in [0.1, 0.15) is 12.3 Å². The first-order valence-corrected chi connectivity index (χ1v) is 3.73. The summed E-state index contributed by atoms with van der Waals surface area (Å²) < 4.78 is 0. The van der Waals surface area contributed by atoms with Gasteiger partial charge in [-0.2, -0.15) is 0 Å². The molecule has 0 aliphatic carbocycles. The van der Waals surface area contributed by atoms with Crippen LogP contribution in [0.15, 0.2) is 24.7 Å². The van der Waals surface area contributed by atoms with Crippen molar-refractivity contribution in [3.05, 3.63) is 35.8 Å². The molecule has 0 saturated carbocycles. The van der Waals surface area contributed by atoms with Gasteiger partial charge in [0.2, 0.25) is 0 Å². The quantitative estimate of drug-likeness (QED) is 0.620. The fourth-order valence-corrected chi connectivity index (χ4v) is 1.27. The predicted molar refractivity (Wildman–Crippen MR) is 45.2 cm³/mol. The Kier molecular flexibility index (Phi) is 1.63. The van der Waals surface area contributed by atoms with Crippen LogP contribution in [0.25, 0.3) is 6.08 Å². The van der Waals surface area contributed by atoms with Crippen LogP contribution in [0.1, 0.15) is 17.2 Å². The van der Waals surface area contributed by atoms with Gasteiger partial charge in [-0.1, -0.05) is 0 Å². The number of hydrogen-bond acceptors (Lipinski definition) is 3. The summed E-state index contributed by atoms with van der Waals surface area (Å²) in [6, 6.07) is 1.65. The third-order valence-electron chi connectivity index (χ3n) is 1.90. The Bertz CT molecular complexity index is 333. The molecule has 3 nitrogen and oxygen atoms in total. The maximum atomic E-state index is 10.6. The number of nitrogens with zero attached hydrogens (tertiary/aromatic N) is 1. The molecule has 0 bridgehead atoms. The third kappa shape index (κ3) is 0.993. The number of aldehydes is 1. The first kappa shape index (κ1) is 7.03. The van der Waals surface area contributed by atoms with E-state index in [4.69, 9.17) is 0 Å². The molecule has 3 heteroatoms. The van der Waals surface area contributed by atoms with Crippen molar-refractivity contribution in [1.82, 2.24) is 10.3 Å². The van der Waals surface area contributed by atoms with Crippen LogP contribution >= 0.6 is 0 Å². The molecular formula is C9H8N2O. The Balaban J connectivity index is 2.52. The maximum absolute atomic E-state index is 10.6. The van der Waals surface area contributed by atoms with Crippen LogP contribution in [0, 0.1) is 0 Å².